The number of ether oxygens (including phenoxy) is 3. The second-order valence-electron chi connectivity index (χ2n) is 8.66. The maximum Gasteiger partial charge on any atom is 0.406 e. The lowest BCUT2D eigenvalue weighted by Crippen LogP contribution is -2.44. The van der Waals surface area contributed by atoms with E-state index in [0.717, 1.165) is 38.0 Å². The highest BCUT2D eigenvalue weighted by Gasteiger charge is 2.19. The predicted octanol–water partition coefficient (Wildman–Crippen LogP) is 3.32. The summed E-state index contributed by atoms with van der Waals surface area (Å²) in [6, 6.07) is 7.15. The van der Waals surface area contributed by atoms with E-state index in [4.69, 9.17) is 26.8 Å². The van der Waals surface area contributed by atoms with Crippen molar-refractivity contribution < 1.29 is 23.8 Å². The van der Waals surface area contributed by atoms with Crippen molar-refractivity contribution in [1.29, 1.82) is 0 Å². The third-order valence-electron chi connectivity index (χ3n) is 5.83. The molecule has 0 spiro atoms. The summed E-state index contributed by atoms with van der Waals surface area (Å²) >= 11 is 6.15. The molecule has 0 radical (unpaired) electrons. The van der Waals surface area contributed by atoms with E-state index in [9.17, 15) is 9.59 Å². The van der Waals surface area contributed by atoms with Gasteiger partial charge < -0.3 is 35.5 Å². The first-order chi connectivity index (χ1) is 16.4. The van der Waals surface area contributed by atoms with Crippen molar-refractivity contribution in [1.82, 2.24) is 15.5 Å². The van der Waals surface area contributed by atoms with Crippen molar-refractivity contribution in [2.75, 3.05) is 53.6 Å². The molecule has 9 nitrogen and oxygen atoms in total. The maximum absolute atomic E-state index is 12.6. The molecule has 4 N–H and O–H groups in total. The number of methoxy groups -OCH3 is 1. The van der Waals surface area contributed by atoms with Gasteiger partial charge in [-0.15, -0.1) is 0 Å². The smallest absolute Gasteiger partial charge is 0.406 e. The first-order valence-electron chi connectivity index (χ1n) is 11.9. The molecule has 0 aliphatic carbocycles. The molecule has 2 unspecified atom stereocenters. The van der Waals surface area contributed by atoms with Crippen molar-refractivity contribution in [2.24, 2.45) is 11.7 Å². The molecule has 1 aromatic rings. The van der Waals surface area contributed by atoms with Crippen LogP contribution in [0.4, 0.5) is 9.59 Å². The molecule has 34 heavy (non-hydrogen) atoms. The number of rotatable bonds is 12. The Balaban J connectivity index is 1.79. The number of urea groups is 1. The summed E-state index contributed by atoms with van der Waals surface area (Å²) in [5, 5.41) is 6.13. The van der Waals surface area contributed by atoms with Gasteiger partial charge in [0.25, 0.3) is 0 Å². The van der Waals surface area contributed by atoms with Crippen LogP contribution in [0.5, 0.6) is 0 Å². The van der Waals surface area contributed by atoms with E-state index in [1.54, 1.807) is 18.0 Å². The Labute approximate surface area is 207 Å². The molecule has 3 atom stereocenters. The number of alkyl carbamates (subject to hydrolysis) is 1. The van der Waals surface area contributed by atoms with Gasteiger partial charge in [-0.1, -0.05) is 30.2 Å². The Kier molecular flexibility index (Phi) is 13.1. The fourth-order valence-corrected chi connectivity index (χ4v) is 4.11. The lowest BCUT2D eigenvalue weighted by Gasteiger charge is -2.24. The number of hydrogen-bond acceptors (Lipinski definition) is 6. The Hall–Kier alpha value is -2.07. The van der Waals surface area contributed by atoms with Gasteiger partial charge in [-0.2, -0.15) is 0 Å². The van der Waals surface area contributed by atoms with E-state index in [-0.39, 0.29) is 18.2 Å². The number of nitrogens with zero attached hydrogens (tertiary/aromatic N) is 1. The molecule has 0 bridgehead atoms. The average molecular weight is 499 g/mol. The third-order valence-corrected chi connectivity index (χ3v) is 6.06. The molecule has 1 aliphatic heterocycles. The van der Waals surface area contributed by atoms with Crippen molar-refractivity contribution >= 4 is 23.7 Å². The van der Waals surface area contributed by atoms with Crippen LogP contribution in [0.2, 0.25) is 5.02 Å². The number of carbonyl (C=O) groups is 2. The fourth-order valence-electron chi connectivity index (χ4n) is 3.91. The highest BCUT2D eigenvalue weighted by molar-refractivity contribution is 6.30. The van der Waals surface area contributed by atoms with Crippen LogP contribution in [0.15, 0.2) is 24.3 Å². The molecular weight excluding hydrogens is 460 g/mol. The number of amides is 3. The zero-order chi connectivity index (χ0) is 24.8. The summed E-state index contributed by atoms with van der Waals surface area (Å²) in [6.45, 7) is 3.08. The minimum Gasteiger partial charge on any atom is -0.453 e. The number of nitrogens with two attached hydrogens (primary N) is 1. The highest BCUT2D eigenvalue weighted by Crippen LogP contribution is 2.24. The second-order valence-corrected chi connectivity index (χ2v) is 9.10. The van der Waals surface area contributed by atoms with E-state index < -0.39 is 6.09 Å². The van der Waals surface area contributed by atoms with Crippen LogP contribution < -0.4 is 16.4 Å². The Bertz CT molecular complexity index is 746. The Morgan fingerprint density at radius 3 is 2.91 bits per heavy atom. The average Bonchev–Trinajstić information content (AvgIpc) is 3.10. The SMILES string of the molecule is COC(=O)NCCO[C@H](CCN(C)C(=O)NCC(N)CC1CCCCOC1)c1cccc(Cl)c1. The van der Waals surface area contributed by atoms with Crippen molar-refractivity contribution in [2.45, 2.75) is 44.2 Å². The summed E-state index contributed by atoms with van der Waals surface area (Å²) in [5.74, 6) is 0.455. The maximum atomic E-state index is 12.6. The van der Waals surface area contributed by atoms with E-state index in [2.05, 4.69) is 15.4 Å². The standard InChI is InChI=1S/C24H39ClN4O5/c1-29(23(30)28-16-21(26)14-18-6-3-4-12-33-17-18)11-9-22(19-7-5-8-20(25)15-19)34-13-10-27-24(31)32-2/h5,7-8,15,18,21-22H,3-4,6,9-14,16-17,26H2,1-2H3,(H,27,31)(H,28,30)/t18?,21?,22-/m1/s1. The number of benzene rings is 1. The normalized spacial score (nSPS) is 17.8. The zero-order valence-electron chi connectivity index (χ0n) is 20.3. The van der Waals surface area contributed by atoms with E-state index in [1.165, 1.54) is 13.5 Å². The van der Waals surface area contributed by atoms with Crippen LogP contribution in [0.3, 0.4) is 0 Å². The molecule has 3 amide bonds. The summed E-state index contributed by atoms with van der Waals surface area (Å²) < 4.78 is 16.2. The Morgan fingerprint density at radius 1 is 1.32 bits per heavy atom. The van der Waals surface area contributed by atoms with Crippen LogP contribution in [-0.4, -0.2) is 76.7 Å². The van der Waals surface area contributed by atoms with Crippen LogP contribution >= 0.6 is 11.6 Å². The van der Waals surface area contributed by atoms with Gasteiger partial charge in [0, 0.05) is 51.0 Å². The molecule has 192 valence electrons. The monoisotopic (exact) mass is 498 g/mol. The minimum atomic E-state index is -0.510. The summed E-state index contributed by atoms with van der Waals surface area (Å²) in [7, 11) is 3.05. The summed E-state index contributed by atoms with van der Waals surface area (Å²) in [5.41, 5.74) is 7.16. The van der Waals surface area contributed by atoms with Crippen molar-refractivity contribution in [3.8, 4) is 0 Å². The third kappa shape index (κ3) is 10.9. The van der Waals surface area contributed by atoms with E-state index >= 15 is 0 Å². The molecule has 1 saturated heterocycles. The molecule has 2 rings (SSSR count). The van der Waals surface area contributed by atoms with Crippen LogP contribution in [0, 0.1) is 5.92 Å². The van der Waals surface area contributed by atoms with E-state index in [0.29, 0.717) is 43.6 Å². The van der Waals surface area contributed by atoms with Crippen LogP contribution in [0.25, 0.3) is 0 Å². The van der Waals surface area contributed by atoms with Crippen LogP contribution in [0.1, 0.15) is 43.8 Å². The van der Waals surface area contributed by atoms with Gasteiger partial charge in [-0.3, -0.25) is 0 Å². The molecule has 1 fully saturated rings. The van der Waals surface area contributed by atoms with Gasteiger partial charge in [0.05, 0.1) is 19.8 Å². The molecule has 10 heteroatoms. The number of carbonyl (C=O) groups excluding carboxylic acids is 2. The molecule has 1 aromatic carbocycles. The lowest BCUT2D eigenvalue weighted by molar-refractivity contribution is 0.0439. The second kappa shape index (κ2) is 15.8. The zero-order valence-corrected chi connectivity index (χ0v) is 21.0. The van der Waals surface area contributed by atoms with Gasteiger partial charge in [-0.05, 0) is 49.3 Å². The lowest BCUT2D eigenvalue weighted by atomic mass is 9.96. The van der Waals surface area contributed by atoms with Crippen LogP contribution in [-0.2, 0) is 14.2 Å². The minimum absolute atomic E-state index is 0.103. The first kappa shape index (κ1) is 28.2. The van der Waals surface area contributed by atoms with Gasteiger partial charge in [0.15, 0.2) is 0 Å². The molecule has 1 heterocycles. The summed E-state index contributed by atoms with van der Waals surface area (Å²) in [4.78, 5) is 25.4. The van der Waals surface area contributed by atoms with Gasteiger partial charge in [0.2, 0.25) is 0 Å². The van der Waals surface area contributed by atoms with Gasteiger partial charge >= 0.3 is 12.1 Å². The number of hydrogen-bond donors (Lipinski definition) is 3. The molecule has 0 aromatic heterocycles. The largest absolute Gasteiger partial charge is 0.453 e. The molecule has 0 saturated carbocycles. The fraction of sp³-hybridized carbons (Fsp3) is 0.667. The van der Waals surface area contributed by atoms with Crippen molar-refractivity contribution in [3.63, 3.8) is 0 Å². The highest BCUT2D eigenvalue weighted by atomic mass is 35.5. The van der Waals surface area contributed by atoms with Gasteiger partial charge in [-0.25, -0.2) is 9.59 Å². The van der Waals surface area contributed by atoms with Crippen molar-refractivity contribution in [3.05, 3.63) is 34.9 Å². The summed E-state index contributed by atoms with van der Waals surface area (Å²) in [6.07, 6.45) is 4.01. The van der Waals surface area contributed by atoms with Gasteiger partial charge in [0.1, 0.15) is 0 Å². The first-order valence-corrected chi connectivity index (χ1v) is 12.3. The number of halogens is 1. The topological polar surface area (TPSA) is 115 Å². The quantitative estimate of drug-likeness (QED) is 0.381. The van der Waals surface area contributed by atoms with E-state index in [1.807, 2.05) is 18.2 Å². The Morgan fingerprint density at radius 2 is 2.15 bits per heavy atom. The predicted molar refractivity (Wildman–Crippen MR) is 132 cm³/mol. The molecular formula is C24H39ClN4O5. The molecule has 1 aliphatic rings. The number of nitrogens with one attached hydrogen (secondary N) is 2.